The maximum absolute atomic E-state index is 13.5. The fraction of sp³-hybridized carbons (Fsp3) is 0.208. The van der Waals surface area contributed by atoms with Crippen LogP contribution in [-0.2, 0) is 11.3 Å². The molecule has 1 aliphatic heterocycles. The summed E-state index contributed by atoms with van der Waals surface area (Å²) in [5.74, 6) is 0.790. The Morgan fingerprint density at radius 3 is 2.79 bits per heavy atom. The van der Waals surface area contributed by atoms with E-state index < -0.39 is 0 Å². The molecule has 10 heteroatoms. The Morgan fingerprint density at radius 2 is 2.00 bits per heavy atom. The average Bonchev–Trinajstić information content (AvgIpc) is 3.49. The van der Waals surface area contributed by atoms with E-state index in [1.165, 1.54) is 39.8 Å². The molecule has 0 radical (unpaired) electrons. The minimum absolute atomic E-state index is 0.0980. The number of thioether (sulfide) groups is 1. The zero-order valence-corrected chi connectivity index (χ0v) is 19.7. The van der Waals surface area contributed by atoms with Gasteiger partial charge in [-0.1, -0.05) is 23.9 Å². The normalized spacial score (nSPS) is 12.4. The fourth-order valence-corrected chi connectivity index (χ4v) is 5.53. The number of ketones is 1. The van der Waals surface area contributed by atoms with Gasteiger partial charge < -0.3 is 14.2 Å². The lowest BCUT2D eigenvalue weighted by atomic mass is 10.1. The first-order chi connectivity index (χ1) is 16.5. The molecule has 0 spiro atoms. The standard InChI is InChI=1S/C24H19FN2O5S2/c1-30-9-8-27-23(29)21-17(14-2-5-16(25)6-3-14)11-33-22(21)26-24(27)34-12-18(28)15-4-7-19-20(10-15)32-13-31-19/h2-7,10-11H,8-9,12-13H2,1H3. The van der Waals surface area contributed by atoms with Gasteiger partial charge in [0.05, 0.1) is 24.3 Å². The zero-order chi connectivity index (χ0) is 23.7. The molecule has 0 saturated carbocycles. The molecule has 5 rings (SSSR count). The first-order valence-corrected chi connectivity index (χ1v) is 12.2. The van der Waals surface area contributed by atoms with Gasteiger partial charge in [-0.25, -0.2) is 9.37 Å². The number of halogens is 1. The highest BCUT2D eigenvalue weighted by Crippen LogP contribution is 2.34. The van der Waals surface area contributed by atoms with Gasteiger partial charge in [0, 0.05) is 23.6 Å². The van der Waals surface area contributed by atoms with Gasteiger partial charge in [0.25, 0.3) is 5.56 Å². The van der Waals surface area contributed by atoms with Crippen LogP contribution < -0.4 is 15.0 Å². The summed E-state index contributed by atoms with van der Waals surface area (Å²) >= 11 is 2.54. The number of aromatic nitrogens is 2. The Hall–Kier alpha value is -3.21. The summed E-state index contributed by atoms with van der Waals surface area (Å²) in [6.07, 6.45) is 0. The third kappa shape index (κ3) is 4.31. The second-order valence-corrected chi connectivity index (χ2v) is 9.26. The van der Waals surface area contributed by atoms with E-state index in [1.54, 1.807) is 37.4 Å². The third-order valence-electron chi connectivity index (χ3n) is 5.36. The molecular weight excluding hydrogens is 479 g/mol. The van der Waals surface area contributed by atoms with Crippen LogP contribution >= 0.6 is 23.1 Å². The fourth-order valence-electron chi connectivity index (χ4n) is 3.62. The Kier molecular flexibility index (Phi) is 6.36. The van der Waals surface area contributed by atoms with Crippen molar-refractivity contribution in [1.82, 2.24) is 9.55 Å². The van der Waals surface area contributed by atoms with Crippen molar-refractivity contribution in [2.75, 3.05) is 26.3 Å². The Bertz CT molecular complexity index is 1430. The lowest BCUT2D eigenvalue weighted by Crippen LogP contribution is -2.25. The van der Waals surface area contributed by atoms with Crippen molar-refractivity contribution in [2.24, 2.45) is 0 Å². The van der Waals surface area contributed by atoms with Crippen molar-refractivity contribution in [3.05, 3.63) is 69.6 Å². The summed E-state index contributed by atoms with van der Waals surface area (Å²) < 4.78 is 30.7. The smallest absolute Gasteiger partial charge is 0.263 e. The van der Waals surface area contributed by atoms with E-state index in [-0.39, 0.29) is 36.3 Å². The zero-order valence-electron chi connectivity index (χ0n) is 18.1. The second-order valence-electron chi connectivity index (χ2n) is 7.46. The number of thiophene rings is 1. The number of nitrogens with zero attached hydrogens (tertiary/aromatic N) is 2. The number of hydrogen-bond donors (Lipinski definition) is 0. The number of hydrogen-bond acceptors (Lipinski definition) is 8. The summed E-state index contributed by atoms with van der Waals surface area (Å²) in [4.78, 5) is 31.6. The molecule has 174 valence electrons. The number of carbonyl (C=O) groups is 1. The molecular formula is C24H19FN2O5S2. The van der Waals surface area contributed by atoms with Crippen molar-refractivity contribution in [1.29, 1.82) is 0 Å². The number of fused-ring (bicyclic) bond motifs is 2. The topological polar surface area (TPSA) is 79.7 Å². The van der Waals surface area contributed by atoms with Crippen molar-refractivity contribution < 1.29 is 23.4 Å². The van der Waals surface area contributed by atoms with Crippen LogP contribution in [0.15, 0.2) is 57.8 Å². The van der Waals surface area contributed by atoms with E-state index in [4.69, 9.17) is 19.2 Å². The Morgan fingerprint density at radius 1 is 1.21 bits per heavy atom. The van der Waals surface area contributed by atoms with Crippen LogP contribution in [0.2, 0.25) is 0 Å². The lowest BCUT2D eigenvalue weighted by Gasteiger charge is -2.12. The summed E-state index contributed by atoms with van der Waals surface area (Å²) in [6, 6.07) is 11.1. The number of ether oxygens (including phenoxy) is 3. The minimum Gasteiger partial charge on any atom is -0.454 e. The maximum Gasteiger partial charge on any atom is 0.263 e. The Balaban J connectivity index is 1.47. The van der Waals surface area contributed by atoms with Gasteiger partial charge in [0.1, 0.15) is 10.6 Å². The average molecular weight is 499 g/mol. The molecule has 0 N–H and O–H groups in total. The van der Waals surface area contributed by atoms with E-state index in [1.807, 2.05) is 5.38 Å². The van der Waals surface area contributed by atoms with Crippen LogP contribution in [-0.4, -0.2) is 41.6 Å². The number of methoxy groups -OCH3 is 1. The maximum atomic E-state index is 13.5. The van der Waals surface area contributed by atoms with Crippen LogP contribution in [0.25, 0.3) is 21.3 Å². The van der Waals surface area contributed by atoms with E-state index >= 15 is 0 Å². The first kappa shape index (κ1) is 22.6. The molecule has 34 heavy (non-hydrogen) atoms. The van der Waals surface area contributed by atoms with Gasteiger partial charge in [-0.15, -0.1) is 11.3 Å². The monoisotopic (exact) mass is 498 g/mol. The predicted molar refractivity (Wildman–Crippen MR) is 129 cm³/mol. The lowest BCUT2D eigenvalue weighted by molar-refractivity contribution is 0.102. The molecule has 0 amide bonds. The van der Waals surface area contributed by atoms with Crippen molar-refractivity contribution >= 4 is 39.1 Å². The molecule has 0 aliphatic carbocycles. The molecule has 0 saturated heterocycles. The summed E-state index contributed by atoms with van der Waals surface area (Å²) in [6.45, 7) is 0.739. The largest absolute Gasteiger partial charge is 0.454 e. The predicted octanol–water partition coefficient (Wildman–Crippen LogP) is 4.61. The van der Waals surface area contributed by atoms with E-state index in [0.717, 1.165) is 5.56 Å². The summed E-state index contributed by atoms with van der Waals surface area (Å²) in [5, 5.41) is 2.76. The van der Waals surface area contributed by atoms with Crippen molar-refractivity contribution in [3.63, 3.8) is 0 Å². The molecule has 3 heterocycles. The summed E-state index contributed by atoms with van der Waals surface area (Å²) in [5.41, 5.74) is 1.72. The van der Waals surface area contributed by atoms with E-state index in [0.29, 0.717) is 44.6 Å². The Labute approximate surface area is 202 Å². The molecule has 7 nitrogen and oxygen atoms in total. The van der Waals surface area contributed by atoms with Crippen molar-refractivity contribution in [3.8, 4) is 22.6 Å². The molecule has 0 atom stereocenters. The number of Topliss-reactive ketones (excluding diaryl/α,β-unsaturated/α-hetero) is 1. The highest BCUT2D eigenvalue weighted by molar-refractivity contribution is 7.99. The summed E-state index contributed by atoms with van der Waals surface area (Å²) in [7, 11) is 1.56. The molecule has 0 fully saturated rings. The third-order valence-corrected chi connectivity index (χ3v) is 7.21. The van der Waals surface area contributed by atoms with E-state index in [9.17, 15) is 14.0 Å². The van der Waals surface area contributed by atoms with Crippen LogP contribution in [0.5, 0.6) is 11.5 Å². The quantitative estimate of drug-likeness (QED) is 0.199. The van der Waals surface area contributed by atoms with Crippen LogP contribution in [0.1, 0.15) is 10.4 Å². The van der Waals surface area contributed by atoms with Gasteiger partial charge in [-0.3, -0.25) is 14.2 Å². The minimum atomic E-state index is -0.343. The van der Waals surface area contributed by atoms with Gasteiger partial charge in [0.2, 0.25) is 6.79 Å². The molecule has 0 bridgehead atoms. The van der Waals surface area contributed by atoms with Crippen LogP contribution in [0.4, 0.5) is 4.39 Å². The van der Waals surface area contributed by atoms with Gasteiger partial charge in [-0.05, 0) is 35.9 Å². The molecule has 1 aliphatic rings. The number of rotatable bonds is 8. The van der Waals surface area contributed by atoms with E-state index in [2.05, 4.69) is 0 Å². The highest BCUT2D eigenvalue weighted by Gasteiger charge is 2.20. The van der Waals surface area contributed by atoms with Crippen LogP contribution in [0.3, 0.4) is 0 Å². The molecule has 2 aromatic heterocycles. The SMILES string of the molecule is COCCn1c(SCC(=O)c2ccc3c(c2)OCO3)nc2scc(-c3ccc(F)cc3)c2c1=O. The van der Waals surface area contributed by atoms with Gasteiger partial charge in [-0.2, -0.15) is 0 Å². The van der Waals surface area contributed by atoms with Gasteiger partial charge >= 0.3 is 0 Å². The molecule has 4 aromatic rings. The van der Waals surface area contributed by atoms with Crippen LogP contribution in [0, 0.1) is 5.82 Å². The second kappa shape index (κ2) is 9.57. The molecule has 2 aromatic carbocycles. The number of carbonyl (C=O) groups excluding carboxylic acids is 1. The molecule has 0 unspecified atom stereocenters. The first-order valence-electron chi connectivity index (χ1n) is 10.4. The van der Waals surface area contributed by atoms with Gasteiger partial charge in [0.15, 0.2) is 22.4 Å². The van der Waals surface area contributed by atoms with Crippen molar-refractivity contribution in [2.45, 2.75) is 11.7 Å². The highest BCUT2D eigenvalue weighted by atomic mass is 32.2. The number of benzene rings is 2.